The summed E-state index contributed by atoms with van der Waals surface area (Å²) in [4.78, 5) is 9.95. The van der Waals surface area contributed by atoms with Crippen molar-refractivity contribution in [2.45, 2.75) is 19.9 Å². The average Bonchev–Trinajstić information content (AvgIpc) is 2.07. The van der Waals surface area contributed by atoms with E-state index in [-0.39, 0.29) is 11.7 Å². The van der Waals surface area contributed by atoms with E-state index in [0.717, 1.165) is 0 Å². The fraction of sp³-hybridized carbons (Fsp3) is 0.333. The van der Waals surface area contributed by atoms with Crippen LogP contribution < -0.4 is 5.32 Å². The van der Waals surface area contributed by atoms with Crippen LogP contribution in [-0.4, -0.2) is 11.0 Å². The molecule has 0 spiro atoms. The summed E-state index contributed by atoms with van der Waals surface area (Å²) in [6.07, 6.45) is 0. The molecule has 0 aromatic heterocycles. The quantitative estimate of drug-likeness (QED) is 0.622. The molecule has 14 heavy (non-hydrogen) atoms. The second kappa shape index (κ2) is 4.28. The van der Waals surface area contributed by atoms with E-state index in [4.69, 9.17) is 11.6 Å². The molecular formula is C9H11ClN2O2. The molecular weight excluding hydrogens is 204 g/mol. The van der Waals surface area contributed by atoms with Crippen molar-refractivity contribution < 1.29 is 4.92 Å². The van der Waals surface area contributed by atoms with Gasteiger partial charge in [0.25, 0.3) is 5.69 Å². The van der Waals surface area contributed by atoms with E-state index in [1.165, 1.54) is 12.1 Å². The number of anilines is 1. The van der Waals surface area contributed by atoms with Crippen LogP contribution in [0.4, 0.5) is 11.4 Å². The van der Waals surface area contributed by atoms with E-state index in [0.29, 0.717) is 10.7 Å². The van der Waals surface area contributed by atoms with Gasteiger partial charge in [0, 0.05) is 18.2 Å². The standard InChI is InChI=1S/C9H11ClN2O2/c1-6(2)11-9-4-3-7(12(13)14)5-8(9)10/h3-6,11H,1-2H3. The molecule has 5 heteroatoms. The zero-order chi connectivity index (χ0) is 10.7. The van der Waals surface area contributed by atoms with Crippen LogP contribution in [-0.2, 0) is 0 Å². The highest BCUT2D eigenvalue weighted by Gasteiger charge is 2.09. The SMILES string of the molecule is CC(C)Nc1ccc([N+](=O)[O-])cc1Cl. The van der Waals surface area contributed by atoms with Crippen LogP contribution in [0.5, 0.6) is 0 Å². The molecule has 0 amide bonds. The molecule has 1 aromatic rings. The fourth-order valence-electron chi connectivity index (χ4n) is 1.05. The number of non-ortho nitro benzene ring substituents is 1. The van der Waals surface area contributed by atoms with Gasteiger partial charge in [-0.25, -0.2) is 0 Å². The molecule has 0 radical (unpaired) electrons. The Bertz CT molecular complexity index is 353. The van der Waals surface area contributed by atoms with E-state index in [9.17, 15) is 10.1 Å². The highest BCUT2D eigenvalue weighted by Crippen LogP contribution is 2.26. The molecule has 0 aliphatic heterocycles. The van der Waals surface area contributed by atoms with Crippen LogP contribution in [0.1, 0.15) is 13.8 Å². The van der Waals surface area contributed by atoms with Gasteiger partial charge in [0.05, 0.1) is 15.6 Å². The van der Waals surface area contributed by atoms with Crippen LogP contribution in [0.15, 0.2) is 18.2 Å². The third kappa shape index (κ3) is 2.60. The number of benzene rings is 1. The fourth-order valence-corrected chi connectivity index (χ4v) is 1.27. The largest absolute Gasteiger partial charge is 0.382 e. The van der Waals surface area contributed by atoms with E-state index in [1.54, 1.807) is 6.07 Å². The van der Waals surface area contributed by atoms with Crippen molar-refractivity contribution in [3.63, 3.8) is 0 Å². The van der Waals surface area contributed by atoms with Gasteiger partial charge < -0.3 is 5.32 Å². The third-order valence-electron chi connectivity index (χ3n) is 1.61. The minimum Gasteiger partial charge on any atom is -0.382 e. The summed E-state index contributed by atoms with van der Waals surface area (Å²) >= 11 is 5.85. The molecule has 0 saturated carbocycles. The summed E-state index contributed by atoms with van der Waals surface area (Å²) in [5.74, 6) is 0. The molecule has 0 heterocycles. The third-order valence-corrected chi connectivity index (χ3v) is 1.92. The van der Waals surface area contributed by atoms with Gasteiger partial charge in [-0.1, -0.05) is 11.6 Å². The van der Waals surface area contributed by atoms with Gasteiger partial charge in [-0.3, -0.25) is 10.1 Å². The Morgan fingerprint density at radius 3 is 2.57 bits per heavy atom. The van der Waals surface area contributed by atoms with Crippen molar-refractivity contribution in [1.82, 2.24) is 0 Å². The van der Waals surface area contributed by atoms with Gasteiger partial charge in [0.2, 0.25) is 0 Å². The Morgan fingerprint density at radius 1 is 1.50 bits per heavy atom. The molecule has 0 fully saturated rings. The lowest BCUT2D eigenvalue weighted by molar-refractivity contribution is -0.384. The molecule has 0 unspecified atom stereocenters. The zero-order valence-electron chi connectivity index (χ0n) is 7.95. The van der Waals surface area contributed by atoms with Crippen LogP contribution in [0.2, 0.25) is 5.02 Å². The number of hydrogen-bond acceptors (Lipinski definition) is 3. The Morgan fingerprint density at radius 2 is 2.14 bits per heavy atom. The van der Waals surface area contributed by atoms with Crippen molar-refractivity contribution in [3.05, 3.63) is 33.3 Å². The number of nitro groups is 1. The number of halogens is 1. The molecule has 0 aliphatic carbocycles. The number of nitro benzene ring substituents is 1. The normalized spacial score (nSPS) is 10.3. The van der Waals surface area contributed by atoms with E-state index in [1.807, 2.05) is 13.8 Å². The predicted octanol–water partition coefficient (Wildman–Crippen LogP) is 3.07. The van der Waals surface area contributed by atoms with Gasteiger partial charge >= 0.3 is 0 Å². The van der Waals surface area contributed by atoms with Crippen molar-refractivity contribution >= 4 is 23.0 Å². The van der Waals surface area contributed by atoms with Gasteiger partial charge in [-0.05, 0) is 19.9 Å². The number of nitrogens with zero attached hydrogens (tertiary/aromatic N) is 1. The molecule has 0 aliphatic rings. The molecule has 1 N–H and O–H groups in total. The maximum Gasteiger partial charge on any atom is 0.271 e. The average molecular weight is 215 g/mol. The molecule has 4 nitrogen and oxygen atoms in total. The number of hydrogen-bond donors (Lipinski definition) is 1. The lowest BCUT2D eigenvalue weighted by Crippen LogP contribution is -2.09. The first-order valence-corrected chi connectivity index (χ1v) is 4.59. The van der Waals surface area contributed by atoms with Crippen LogP contribution in [0.3, 0.4) is 0 Å². The van der Waals surface area contributed by atoms with Gasteiger partial charge in [-0.15, -0.1) is 0 Å². The van der Waals surface area contributed by atoms with Crippen molar-refractivity contribution in [2.24, 2.45) is 0 Å². The summed E-state index contributed by atoms with van der Waals surface area (Å²) < 4.78 is 0. The van der Waals surface area contributed by atoms with E-state index >= 15 is 0 Å². The minimum atomic E-state index is -0.467. The molecule has 1 aromatic carbocycles. The Balaban J connectivity index is 2.95. The lowest BCUT2D eigenvalue weighted by Gasteiger charge is -2.10. The first kappa shape index (κ1) is 10.8. The second-order valence-electron chi connectivity index (χ2n) is 3.22. The summed E-state index contributed by atoms with van der Waals surface area (Å²) in [7, 11) is 0. The molecule has 76 valence electrons. The highest BCUT2D eigenvalue weighted by atomic mass is 35.5. The first-order valence-electron chi connectivity index (χ1n) is 4.21. The van der Waals surface area contributed by atoms with Crippen molar-refractivity contribution in [3.8, 4) is 0 Å². The van der Waals surface area contributed by atoms with Gasteiger partial charge in [0.1, 0.15) is 0 Å². The van der Waals surface area contributed by atoms with Crippen molar-refractivity contribution in [1.29, 1.82) is 0 Å². The second-order valence-corrected chi connectivity index (χ2v) is 3.63. The van der Waals surface area contributed by atoms with E-state index in [2.05, 4.69) is 5.32 Å². The summed E-state index contributed by atoms with van der Waals surface area (Å²) in [6.45, 7) is 3.94. The molecule has 0 bridgehead atoms. The van der Waals surface area contributed by atoms with Gasteiger partial charge in [0.15, 0.2) is 0 Å². The Kier molecular flexibility index (Phi) is 3.30. The Hall–Kier alpha value is -1.29. The van der Waals surface area contributed by atoms with Crippen LogP contribution >= 0.6 is 11.6 Å². The number of nitrogens with one attached hydrogen (secondary N) is 1. The number of rotatable bonds is 3. The van der Waals surface area contributed by atoms with E-state index < -0.39 is 4.92 Å². The highest BCUT2D eigenvalue weighted by molar-refractivity contribution is 6.33. The first-order chi connectivity index (χ1) is 6.50. The lowest BCUT2D eigenvalue weighted by atomic mass is 10.2. The Labute approximate surface area is 87.0 Å². The maximum atomic E-state index is 10.4. The summed E-state index contributed by atoms with van der Waals surface area (Å²) in [5, 5.41) is 13.9. The van der Waals surface area contributed by atoms with Crippen LogP contribution in [0, 0.1) is 10.1 Å². The molecule has 0 atom stereocenters. The summed E-state index contributed by atoms with van der Waals surface area (Å²) in [5.41, 5.74) is 0.719. The topological polar surface area (TPSA) is 55.2 Å². The predicted molar refractivity (Wildman–Crippen MR) is 56.9 cm³/mol. The maximum absolute atomic E-state index is 10.4. The van der Waals surface area contributed by atoms with Gasteiger partial charge in [-0.2, -0.15) is 0 Å². The van der Waals surface area contributed by atoms with Crippen molar-refractivity contribution in [2.75, 3.05) is 5.32 Å². The summed E-state index contributed by atoms with van der Waals surface area (Å²) in [6, 6.07) is 4.62. The molecule has 0 saturated heterocycles. The smallest absolute Gasteiger partial charge is 0.271 e. The minimum absolute atomic E-state index is 0.00399. The monoisotopic (exact) mass is 214 g/mol. The zero-order valence-corrected chi connectivity index (χ0v) is 8.71. The molecule has 1 rings (SSSR count). The van der Waals surface area contributed by atoms with Crippen LogP contribution in [0.25, 0.3) is 0 Å².